The van der Waals surface area contributed by atoms with Gasteiger partial charge in [0.1, 0.15) is 12.2 Å². The number of hydrogen-bond acceptors (Lipinski definition) is 4. The van der Waals surface area contributed by atoms with Gasteiger partial charge < -0.3 is 14.8 Å². The predicted octanol–water partition coefficient (Wildman–Crippen LogP) is 1.90. The van der Waals surface area contributed by atoms with Crippen molar-refractivity contribution in [3.63, 3.8) is 0 Å². The fourth-order valence-electron chi connectivity index (χ4n) is 3.09. The molecule has 1 unspecified atom stereocenters. The first-order chi connectivity index (χ1) is 9.74. The lowest BCUT2D eigenvalue weighted by atomic mass is 9.90. The fraction of sp³-hybridized carbons (Fsp3) is 0.867. The molecule has 0 bridgehead atoms. The van der Waals surface area contributed by atoms with Crippen LogP contribution in [0.2, 0.25) is 0 Å². The summed E-state index contributed by atoms with van der Waals surface area (Å²) in [7, 11) is 0. The molecule has 1 saturated heterocycles. The van der Waals surface area contributed by atoms with E-state index in [9.17, 15) is 0 Å². The van der Waals surface area contributed by atoms with Crippen LogP contribution in [0.15, 0.2) is 6.33 Å². The zero-order valence-electron chi connectivity index (χ0n) is 13.2. The van der Waals surface area contributed by atoms with Crippen molar-refractivity contribution in [2.24, 2.45) is 5.92 Å². The van der Waals surface area contributed by atoms with Crippen molar-refractivity contribution in [1.82, 2.24) is 25.0 Å². The van der Waals surface area contributed by atoms with Gasteiger partial charge in [0, 0.05) is 12.6 Å². The van der Waals surface area contributed by atoms with E-state index in [0.717, 1.165) is 24.8 Å². The molecule has 1 aliphatic rings. The first kappa shape index (κ1) is 15.4. The molecular formula is C15H29N5. The molecule has 0 spiro atoms. The molecule has 0 saturated carbocycles. The van der Waals surface area contributed by atoms with Gasteiger partial charge in [-0.1, -0.05) is 6.92 Å². The zero-order valence-corrected chi connectivity index (χ0v) is 13.2. The van der Waals surface area contributed by atoms with Crippen molar-refractivity contribution < 1.29 is 0 Å². The van der Waals surface area contributed by atoms with Crippen LogP contribution in [0.25, 0.3) is 0 Å². The van der Waals surface area contributed by atoms with Gasteiger partial charge in [0.15, 0.2) is 0 Å². The number of nitrogens with one attached hydrogen (secondary N) is 1. The van der Waals surface area contributed by atoms with E-state index >= 15 is 0 Å². The maximum absolute atomic E-state index is 4.18. The molecule has 5 heteroatoms. The lowest BCUT2D eigenvalue weighted by molar-refractivity contribution is 0.162. The second-order valence-electron chi connectivity index (χ2n) is 5.88. The Labute approximate surface area is 122 Å². The highest BCUT2D eigenvalue weighted by molar-refractivity contribution is 4.87. The topological polar surface area (TPSA) is 46.0 Å². The summed E-state index contributed by atoms with van der Waals surface area (Å²) in [6, 6.07) is 0.556. The first-order valence-corrected chi connectivity index (χ1v) is 8.07. The Bertz CT molecular complexity index is 381. The van der Waals surface area contributed by atoms with Gasteiger partial charge in [0.25, 0.3) is 0 Å². The van der Waals surface area contributed by atoms with Gasteiger partial charge in [-0.3, -0.25) is 0 Å². The SMILES string of the molecule is CCCN1CCC(C(C)NCc2nncn2CC)CC1. The lowest BCUT2D eigenvalue weighted by Gasteiger charge is -2.35. The van der Waals surface area contributed by atoms with E-state index in [2.05, 4.69) is 45.8 Å². The second kappa shape index (κ2) is 7.74. The molecule has 0 aliphatic carbocycles. The number of aromatic nitrogens is 3. The van der Waals surface area contributed by atoms with E-state index in [1.165, 1.54) is 38.9 Å². The molecule has 1 aliphatic heterocycles. The molecule has 1 atom stereocenters. The maximum Gasteiger partial charge on any atom is 0.146 e. The smallest absolute Gasteiger partial charge is 0.146 e. The molecule has 1 aromatic heterocycles. The van der Waals surface area contributed by atoms with Crippen molar-refractivity contribution in [2.45, 2.75) is 59.2 Å². The Balaban J connectivity index is 1.74. The fourth-order valence-corrected chi connectivity index (χ4v) is 3.09. The Hall–Kier alpha value is -0.940. The number of aryl methyl sites for hydroxylation is 1. The third-order valence-electron chi connectivity index (χ3n) is 4.50. The highest BCUT2D eigenvalue weighted by Crippen LogP contribution is 2.20. The molecule has 5 nitrogen and oxygen atoms in total. The Kier molecular flexibility index (Phi) is 5.98. The van der Waals surface area contributed by atoms with Crippen LogP contribution in [0.3, 0.4) is 0 Å². The Morgan fingerprint density at radius 1 is 1.35 bits per heavy atom. The summed E-state index contributed by atoms with van der Waals surface area (Å²) in [4.78, 5) is 2.59. The van der Waals surface area contributed by atoms with E-state index < -0.39 is 0 Å². The summed E-state index contributed by atoms with van der Waals surface area (Å²) >= 11 is 0. The molecule has 0 radical (unpaired) electrons. The van der Waals surface area contributed by atoms with E-state index in [0.29, 0.717) is 6.04 Å². The molecule has 1 fully saturated rings. The number of nitrogens with zero attached hydrogens (tertiary/aromatic N) is 4. The minimum absolute atomic E-state index is 0.556. The largest absolute Gasteiger partial charge is 0.317 e. The van der Waals surface area contributed by atoms with Gasteiger partial charge in [-0.15, -0.1) is 10.2 Å². The van der Waals surface area contributed by atoms with Crippen molar-refractivity contribution in [1.29, 1.82) is 0 Å². The van der Waals surface area contributed by atoms with Crippen LogP contribution in [-0.4, -0.2) is 45.3 Å². The van der Waals surface area contributed by atoms with Gasteiger partial charge in [0.05, 0.1) is 6.54 Å². The monoisotopic (exact) mass is 279 g/mol. The van der Waals surface area contributed by atoms with Gasteiger partial charge in [-0.25, -0.2) is 0 Å². The Morgan fingerprint density at radius 2 is 2.10 bits per heavy atom. The van der Waals surface area contributed by atoms with Crippen molar-refractivity contribution in [2.75, 3.05) is 19.6 Å². The van der Waals surface area contributed by atoms with E-state index in [1.54, 1.807) is 0 Å². The average molecular weight is 279 g/mol. The van der Waals surface area contributed by atoms with Crippen LogP contribution in [0.5, 0.6) is 0 Å². The number of piperidine rings is 1. The minimum Gasteiger partial charge on any atom is -0.317 e. The standard InChI is InChI=1S/C15H29N5/c1-4-8-19-9-6-14(7-10-19)13(3)16-11-15-18-17-12-20(15)5-2/h12-14,16H,4-11H2,1-3H3. The van der Waals surface area contributed by atoms with E-state index in [1.807, 2.05) is 6.33 Å². The summed E-state index contributed by atoms with van der Waals surface area (Å²) in [5, 5.41) is 11.8. The summed E-state index contributed by atoms with van der Waals surface area (Å²) in [6.07, 6.45) is 5.71. The maximum atomic E-state index is 4.18. The summed E-state index contributed by atoms with van der Waals surface area (Å²) in [5.41, 5.74) is 0. The average Bonchev–Trinajstić information content (AvgIpc) is 2.93. The predicted molar refractivity (Wildman–Crippen MR) is 81.5 cm³/mol. The van der Waals surface area contributed by atoms with Crippen molar-refractivity contribution in [3.05, 3.63) is 12.2 Å². The molecule has 1 aromatic rings. The third kappa shape index (κ3) is 4.03. The minimum atomic E-state index is 0.556. The lowest BCUT2D eigenvalue weighted by Crippen LogP contribution is -2.42. The summed E-state index contributed by atoms with van der Waals surface area (Å²) in [6.45, 7) is 12.2. The molecular weight excluding hydrogens is 250 g/mol. The summed E-state index contributed by atoms with van der Waals surface area (Å²) < 4.78 is 2.10. The van der Waals surface area contributed by atoms with Gasteiger partial charge >= 0.3 is 0 Å². The molecule has 2 rings (SSSR count). The first-order valence-electron chi connectivity index (χ1n) is 8.07. The second-order valence-corrected chi connectivity index (χ2v) is 5.88. The third-order valence-corrected chi connectivity index (χ3v) is 4.50. The van der Waals surface area contributed by atoms with E-state index in [-0.39, 0.29) is 0 Å². The van der Waals surface area contributed by atoms with Crippen LogP contribution < -0.4 is 5.32 Å². The van der Waals surface area contributed by atoms with Crippen molar-refractivity contribution in [3.8, 4) is 0 Å². The molecule has 20 heavy (non-hydrogen) atoms. The molecule has 2 heterocycles. The molecule has 1 N–H and O–H groups in total. The van der Waals surface area contributed by atoms with Crippen LogP contribution in [0.4, 0.5) is 0 Å². The summed E-state index contributed by atoms with van der Waals surface area (Å²) in [5.74, 6) is 1.84. The van der Waals surface area contributed by atoms with Gasteiger partial charge in [0.2, 0.25) is 0 Å². The number of hydrogen-bond donors (Lipinski definition) is 1. The molecule has 0 amide bonds. The quantitative estimate of drug-likeness (QED) is 0.828. The van der Waals surface area contributed by atoms with E-state index in [4.69, 9.17) is 0 Å². The Morgan fingerprint density at radius 3 is 2.75 bits per heavy atom. The number of rotatable bonds is 7. The normalized spacial score (nSPS) is 19.4. The number of likely N-dealkylation sites (tertiary alicyclic amines) is 1. The van der Waals surface area contributed by atoms with Gasteiger partial charge in [-0.2, -0.15) is 0 Å². The zero-order chi connectivity index (χ0) is 14.4. The molecule has 0 aromatic carbocycles. The van der Waals surface area contributed by atoms with Crippen molar-refractivity contribution >= 4 is 0 Å². The van der Waals surface area contributed by atoms with Gasteiger partial charge in [-0.05, 0) is 58.7 Å². The highest BCUT2D eigenvalue weighted by Gasteiger charge is 2.23. The molecule has 114 valence electrons. The highest BCUT2D eigenvalue weighted by atomic mass is 15.3. The van der Waals surface area contributed by atoms with Crippen LogP contribution in [-0.2, 0) is 13.1 Å². The van der Waals surface area contributed by atoms with Crippen LogP contribution in [0, 0.1) is 5.92 Å². The van der Waals surface area contributed by atoms with Crippen LogP contribution in [0.1, 0.15) is 45.9 Å². The van der Waals surface area contributed by atoms with Crippen LogP contribution >= 0.6 is 0 Å².